The standard InChI is InChI=1S/C24H24N2O4S.HI/c1-17(20-11-12-21(31-20)22(27)18-8-4-3-5-9-18)24(29)30-15-7-13-25-23(28)19-10-6-14-26(2)16-19;/h3-6,8-12,14,16-17H,7,13,15H2,1-2H3;1H. The molecule has 1 aromatic carbocycles. The number of aromatic nitrogens is 1. The number of pyridine rings is 1. The summed E-state index contributed by atoms with van der Waals surface area (Å²) in [5.41, 5.74) is 1.20. The first-order chi connectivity index (χ1) is 15.0. The van der Waals surface area contributed by atoms with Gasteiger partial charge >= 0.3 is 5.97 Å². The lowest BCUT2D eigenvalue weighted by Crippen LogP contribution is -3.00. The van der Waals surface area contributed by atoms with Gasteiger partial charge in [0.05, 0.1) is 17.4 Å². The molecule has 0 fully saturated rings. The summed E-state index contributed by atoms with van der Waals surface area (Å²) in [6.07, 6.45) is 4.12. The molecule has 0 aliphatic heterocycles. The molecule has 168 valence electrons. The maximum atomic E-state index is 12.5. The number of nitrogens with zero attached hydrogens (tertiary/aromatic N) is 1. The fourth-order valence-corrected chi connectivity index (χ4v) is 3.96. The molecule has 3 aromatic rings. The number of carbonyl (C=O) groups excluding carboxylic acids is 3. The van der Waals surface area contributed by atoms with E-state index in [4.69, 9.17) is 4.74 Å². The first-order valence-electron chi connectivity index (χ1n) is 10.1. The third-order valence-corrected chi connectivity index (χ3v) is 5.99. The predicted molar refractivity (Wildman–Crippen MR) is 118 cm³/mol. The van der Waals surface area contributed by atoms with E-state index in [1.807, 2.05) is 42.1 Å². The lowest BCUT2D eigenvalue weighted by atomic mass is 10.1. The molecule has 0 aliphatic carbocycles. The van der Waals surface area contributed by atoms with Crippen LogP contribution in [0.2, 0.25) is 0 Å². The number of halogens is 1. The number of aryl methyl sites for hydroxylation is 1. The number of ether oxygens (including phenoxy) is 1. The first-order valence-corrected chi connectivity index (χ1v) is 10.9. The number of hydrogen-bond donors (Lipinski definition) is 1. The number of thiophene rings is 1. The summed E-state index contributed by atoms with van der Waals surface area (Å²) in [5.74, 6) is -1.02. The Morgan fingerprint density at radius 3 is 2.47 bits per heavy atom. The number of benzene rings is 1. The topological polar surface area (TPSA) is 76.3 Å². The van der Waals surface area contributed by atoms with Crippen LogP contribution in [0.4, 0.5) is 0 Å². The Bertz CT molecular complexity index is 1070. The average Bonchev–Trinajstić information content (AvgIpc) is 3.28. The molecule has 0 bridgehead atoms. The van der Waals surface area contributed by atoms with E-state index in [1.165, 1.54) is 11.3 Å². The minimum Gasteiger partial charge on any atom is -1.00 e. The van der Waals surface area contributed by atoms with Gasteiger partial charge in [-0.05, 0) is 31.5 Å². The molecule has 0 aliphatic rings. The van der Waals surface area contributed by atoms with Crippen LogP contribution in [0.1, 0.15) is 49.7 Å². The van der Waals surface area contributed by atoms with Gasteiger partial charge in [0, 0.05) is 23.1 Å². The normalized spacial score (nSPS) is 11.2. The number of nitrogens with one attached hydrogen (secondary N) is 1. The summed E-state index contributed by atoms with van der Waals surface area (Å²) < 4.78 is 7.15. The second kappa shape index (κ2) is 12.4. The van der Waals surface area contributed by atoms with Gasteiger partial charge in [-0.1, -0.05) is 30.3 Å². The number of hydrogen-bond acceptors (Lipinski definition) is 5. The highest BCUT2D eigenvalue weighted by molar-refractivity contribution is 7.14. The number of carbonyl (C=O) groups is 3. The number of esters is 1. The quantitative estimate of drug-likeness (QED) is 0.133. The molecule has 0 saturated heterocycles. The molecule has 1 amide bonds. The van der Waals surface area contributed by atoms with Crippen LogP contribution >= 0.6 is 11.3 Å². The van der Waals surface area contributed by atoms with Crippen molar-refractivity contribution in [2.75, 3.05) is 13.2 Å². The zero-order valence-electron chi connectivity index (χ0n) is 17.9. The average molecular weight is 564 g/mol. The van der Waals surface area contributed by atoms with E-state index in [-0.39, 0.29) is 48.2 Å². The molecule has 32 heavy (non-hydrogen) atoms. The van der Waals surface area contributed by atoms with Crippen molar-refractivity contribution in [3.63, 3.8) is 0 Å². The maximum Gasteiger partial charge on any atom is 0.313 e. The van der Waals surface area contributed by atoms with Crippen molar-refractivity contribution in [3.8, 4) is 0 Å². The second-order valence-corrected chi connectivity index (χ2v) is 8.27. The van der Waals surface area contributed by atoms with Crippen molar-refractivity contribution in [2.45, 2.75) is 19.3 Å². The van der Waals surface area contributed by atoms with Gasteiger partial charge in [0.25, 0.3) is 5.91 Å². The Balaban J connectivity index is 0.00000363. The van der Waals surface area contributed by atoms with Crippen molar-refractivity contribution in [1.29, 1.82) is 0 Å². The molecule has 0 spiro atoms. The highest BCUT2D eigenvalue weighted by Crippen LogP contribution is 2.27. The Labute approximate surface area is 208 Å². The predicted octanol–water partition coefficient (Wildman–Crippen LogP) is 0.274. The summed E-state index contributed by atoms with van der Waals surface area (Å²) in [7, 11) is 1.85. The van der Waals surface area contributed by atoms with Crippen LogP contribution < -0.4 is 33.9 Å². The van der Waals surface area contributed by atoms with Crippen molar-refractivity contribution in [2.24, 2.45) is 7.05 Å². The lowest BCUT2D eigenvalue weighted by molar-refractivity contribution is -0.671. The Morgan fingerprint density at radius 1 is 1.03 bits per heavy atom. The maximum absolute atomic E-state index is 12.5. The van der Waals surface area contributed by atoms with Crippen LogP contribution in [0.5, 0.6) is 0 Å². The molecule has 1 N–H and O–H groups in total. The van der Waals surface area contributed by atoms with Gasteiger partial charge in [0.2, 0.25) is 5.78 Å². The van der Waals surface area contributed by atoms with Gasteiger partial charge in [-0.25, -0.2) is 4.57 Å². The number of ketones is 1. The molecule has 0 saturated carbocycles. The lowest BCUT2D eigenvalue weighted by Gasteiger charge is -2.10. The minimum atomic E-state index is -0.457. The van der Waals surface area contributed by atoms with Crippen LogP contribution in [0.3, 0.4) is 0 Å². The molecule has 8 heteroatoms. The summed E-state index contributed by atoms with van der Waals surface area (Å²) in [6, 6.07) is 16.2. The van der Waals surface area contributed by atoms with E-state index < -0.39 is 5.92 Å². The van der Waals surface area contributed by atoms with Crippen molar-refractivity contribution < 1.29 is 47.7 Å². The summed E-state index contributed by atoms with van der Waals surface area (Å²) >= 11 is 1.31. The van der Waals surface area contributed by atoms with Crippen LogP contribution in [0, 0.1) is 0 Å². The van der Waals surface area contributed by atoms with Crippen LogP contribution in [-0.2, 0) is 16.6 Å². The zero-order chi connectivity index (χ0) is 22.2. The fourth-order valence-electron chi connectivity index (χ4n) is 2.95. The summed E-state index contributed by atoms with van der Waals surface area (Å²) in [4.78, 5) is 38.4. The van der Waals surface area contributed by atoms with Gasteiger partial charge in [0.15, 0.2) is 12.4 Å². The molecular formula is C24H25IN2O4S. The first kappa shape index (κ1) is 25.7. The Morgan fingerprint density at radius 2 is 1.75 bits per heavy atom. The highest BCUT2D eigenvalue weighted by atomic mass is 127. The van der Waals surface area contributed by atoms with Gasteiger partial charge in [-0.3, -0.25) is 14.4 Å². The molecule has 6 nitrogen and oxygen atoms in total. The smallest absolute Gasteiger partial charge is 0.313 e. The monoisotopic (exact) mass is 564 g/mol. The molecule has 1 unspecified atom stereocenters. The third kappa shape index (κ3) is 6.96. The van der Waals surface area contributed by atoms with Crippen LogP contribution in [0.15, 0.2) is 67.0 Å². The Kier molecular flexibility index (Phi) is 9.98. The third-order valence-electron chi connectivity index (χ3n) is 4.72. The van der Waals surface area contributed by atoms with Gasteiger partial charge in [-0.2, -0.15) is 0 Å². The van der Waals surface area contributed by atoms with E-state index >= 15 is 0 Å². The van der Waals surface area contributed by atoms with E-state index in [9.17, 15) is 14.4 Å². The van der Waals surface area contributed by atoms with Crippen molar-refractivity contribution >= 4 is 29.0 Å². The van der Waals surface area contributed by atoms with E-state index in [2.05, 4.69) is 5.32 Å². The Hall–Kier alpha value is -2.59. The molecule has 2 heterocycles. The van der Waals surface area contributed by atoms with Gasteiger partial charge < -0.3 is 34.0 Å². The van der Waals surface area contributed by atoms with E-state index in [0.29, 0.717) is 29.0 Å². The molecule has 0 radical (unpaired) electrons. The summed E-state index contributed by atoms with van der Waals surface area (Å²) in [6.45, 7) is 2.39. The zero-order valence-corrected chi connectivity index (χ0v) is 20.9. The SMILES string of the molecule is CC(C(=O)OCCCNC(=O)c1ccc[n+](C)c1)c1ccc(C(=O)c2ccccc2)s1.[I-]. The second-order valence-electron chi connectivity index (χ2n) is 7.15. The van der Waals surface area contributed by atoms with Gasteiger partial charge in [-0.15, -0.1) is 11.3 Å². The van der Waals surface area contributed by atoms with E-state index in [0.717, 1.165) is 4.88 Å². The largest absolute Gasteiger partial charge is 1.00 e. The van der Waals surface area contributed by atoms with Crippen LogP contribution in [-0.4, -0.2) is 30.8 Å². The molecule has 2 aromatic heterocycles. The molecule has 1 atom stereocenters. The van der Waals surface area contributed by atoms with Crippen molar-refractivity contribution in [1.82, 2.24) is 5.32 Å². The summed E-state index contributed by atoms with van der Waals surface area (Å²) in [5, 5.41) is 2.81. The number of rotatable bonds is 9. The van der Waals surface area contributed by atoms with E-state index in [1.54, 1.807) is 43.5 Å². The molecular weight excluding hydrogens is 539 g/mol. The number of amides is 1. The molecule has 3 rings (SSSR count). The van der Waals surface area contributed by atoms with Crippen molar-refractivity contribution in [3.05, 3.63) is 87.9 Å². The fraction of sp³-hybridized carbons (Fsp3) is 0.250. The highest BCUT2D eigenvalue weighted by Gasteiger charge is 2.21. The van der Waals surface area contributed by atoms with Gasteiger partial charge in [0.1, 0.15) is 12.6 Å². The van der Waals surface area contributed by atoms with Crippen LogP contribution in [0.25, 0.3) is 0 Å². The minimum absolute atomic E-state index is 0.